The molecular formula is C10H22N2O3S. The average molecular weight is 250 g/mol. The molecular weight excluding hydrogens is 228 g/mol. The highest BCUT2D eigenvalue weighted by atomic mass is 32.2. The molecule has 0 atom stereocenters. The molecule has 16 heavy (non-hydrogen) atoms. The predicted molar refractivity (Wildman–Crippen MR) is 63.8 cm³/mol. The van der Waals surface area contributed by atoms with Crippen LogP contribution < -0.4 is 0 Å². The Labute approximate surface area is 98.1 Å². The monoisotopic (exact) mass is 250 g/mol. The molecule has 1 rings (SSSR count). The van der Waals surface area contributed by atoms with E-state index >= 15 is 0 Å². The highest BCUT2D eigenvalue weighted by Gasteiger charge is 2.28. The lowest BCUT2D eigenvalue weighted by atomic mass is 10.1. The van der Waals surface area contributed by atoms with E-state index in [0.29, 0.717) is 26.2 Å². The van der Waals surface area contributed by atoms with Crippen LogP contribution in [0.4, 0.5) is 0 Å². The smallest absolute Gasteiger partial charge is 0.214 e. The minimum atomic E-state index is -2.98. The van der Waals surface area contributed by atoms with Crippen LogP contribution >= 0.6 is 0 Å². The van der Waals surface area contributed by atoms with Gasteiger partial charge in [0.1, 0.15) is 0 Å². The molecule has 1 heterocycles. The Bertz CT molecular complexity index is 321. The van der Waals surface area contributed by atoms with Gasteiger partial charge in [0, 0.05) is 26.2 Å². The second kappa shape index (κ2) is 5.00. The maximum Gasteiger partial charge on any atom is 0.214 e. The van der Waals surface area contributed by atoms with E-state index < -0.39 is 15.6 Å². The third kappa shape index (κ3) is 4.37. The molecule has 1 aliphatic heterocycles. The molecule has 96 valence electrons. The van der Waals surface area contributed by atoms with Crippen LogP contribution in [0.5, 0.6) is 0 Å². The van der Waals surface area contributed by atoms with Crippen LogP contribution in [0.15, 0.2) is 0 Å². The molecule has 6 heteroatoms. The minimum absolute atomic E-state index is 0.280. The minimum Gasteiger partial charge on any atom is -0.389 e. The zero-order valence-electron chi connectivity index (χ0n) is 10.3. The Morgan fingerprint density at radius 1 is 1.44 bits per heavy atom. The van der Waals surface area contributed by atoms with Gasteiger partial charge in [-0.15, -0.1) is 0 Å². The van der Waals surface area contributed by atoms with Gasteiger partial charge in [0.2, 0.25) is 10.0 Å². The number of aliphatic hydroxyl groups is 1. The van der Waals surface area contributed by atoms with Crippen LogP contribution in [0.2, 0.25) is 0 Å². The van der Waals surface area contributed by atoms with E-state index in [-0.39, 0.29) is 5.75 Å². The summed E-state index contributed by atoms with van der Waals surface area (Å²) in [7, 11) is -1.09. The third-order valence-corrected chi connectivity index (χ3v) is 4.55. The number of nitrogens with zero attached hydrogens (tertiary/aromatic N) is 2. The number of hydrogen-bond acceptors (Lipinski definition) is 4. The Balaban J connectivity index is 2.35. The van der Waals surface area contributed by atoms with Crippen molar-refractivity contribution in [2.75, 3.05) is 39.0 Å². The van der Waals surface area contributed by atoms with E-state index in [9.17, 15) is 13.5 Å². The summed E-state index contributed by atoms with van der Waals surface area (Å²) < 4.78 is 24.6. The fourth-order valence-electron chi connectivity index (χ4n) is 1.96. The van der Waals surface area contributed by atoms with Gasteiger partial charge in [0.15, 0.2) is 0 Å². The molecule has 0 radical (unpaired) electrons. The summed E-state index contributed by atoms with van der Waals surface area (Å²) in [5.74, 6) is 0.280. The maximum atomic E-state index is 11.5. The quantitative estimate of drug-likeness (QED) is 0.729. The highest BCUT2D eigenvalue weighted by molar-refractivity contribution is 7.89. The van der Waals surface area contributed by atoms with E-state index in [0.717, 1.165) is 6.42 Å². The molecule has 0 aromatic rings. The first-order valence-corrected chi connectivity index (χ1v) is 7.20. The van der Waals surface area contributed by atoms with Crippen molar-refractivity contribution in [1.29, 1.82) is 0 Å². The molecule has 1 aliphatic rings. The lowest BCUT2D eigenvalue weighted by Gasteiger charge is -2.26. The van der Waals surface area contributed by atoms with Gasteiger partial charge in [0.25, 0.3) is 0 Å². The fourth-order valence-corrected chi connectivity index (χ4v) is 3.48. The van der Waals surface area contributed by atoms with E-state index in [1.54, 1.807) is 13.8 Å². The first kappa shape index (κ1) is 13.9. The molecule has 0 spiro atoms. The summed E-state index contributed by atoms with van der Waals surface area (Å²) in [6.45, 7) is 5.85. The van der Waals surface area contributed by atoms with Gasteiger partial charge in [0.05, 0.1) is 11.4 Å². The summed E-state index contributed by atoms with van der Waals surface area (Å²) in [6, 6.07) is 0. The number of hydrogen-bond donors (Lipinski definition) is 1. The van der Waals surface area contributed by atoms with Crippen LogP contribution in [0, 0.1) is 0 Å². The Hall–Kier alpha value is -0.170. The molecule has 1 saturated heterocycles. The SMILES string of the molecule is CN(CCN1CCCS1(=O)=O)CC(C)(C)O. The molecule has 5 nitrogen and oxygen atoms in total. The summed E-state index contributed by atoms with van der Waals surface area (Å²) in [4.78, 5) is 1.95. The van der Waals surface area contributed by atoms with Crippen LogP contribution in [0.3, 0.4) is 0 Å². The molecule has 0 aromatic carbocycles. The van der Waals surface area contributed by atoms with E-state index in [2.05, 4.69) is 0 Å². The lowest BCUT2D eigenvalue weighted by molar-refractivity contribution is 0.0438. The number of likely N-dealkylation sites (N-methyl/N-ethyl adjacent to an activating group) is 1. The van der Waals surface area contributed by atoms with Gasteiger partial charge >= 0.3 is 0 Å². The zero-order valence-corrected chi connectivity index (χ0v) is 11.1. The predicted octanol–water partition coefficient (Wildman–Crippen LogP) is -0.275. The molecule has 0 bridgehead atoms. The molecule has 0 aliphatic carbocycles. The van der Waals surface area contributed by atoms with Crippen LogP contribution in [0.1, 0.15) is 20.3 Å². The number of rotatable bonds is 5. The molecule has 1 fully saturated rings. The van der Waals surface area contributed by atoms with Gasteiger partial charge in [-0.25, -0.2) is 12.7 Å². The van der Waals surface area contributed by atoms with Crippen LogP contribution in [-0.2, 0) is 10.0 Å². The lowest BCUT2D eigenvalue weighted by Crippen LogP contribution is -2.40. The molecule has 1 N–H and O–H groups in total. The van der Waals surface area contributed by atoms with Crippen molar-refractivity contribution >= 4 is 10.0 Å². The Kier molecular flexibility index (Phi) is 4.34. The summed E-state index contributed by atoms with van der Waals surface area (Å²) in [5, 5.41) is 9.61. The van der Waals surface area contributed by atoms with Crippen molar-refractivity contribution in [1.82, 2.24) is 9.21 Å². The average Bonchev–Trinajstić information content (AvgIpc) is 2.38. The van der Waals surface area contributed by atoms with Gasteiger partial charge in [-0.2, -0.15) is 0 Å². The standard InChI is InChI=1S/C10H22N2O3S/c1-10(2,13)9-11(3)6-7-12-5-4-8-16(12,14)15/h13H,4-9H2,1-3H3. The summed E-state index contributed by atoms with van der Waals surface area (Å²) >= 11 is 0. The second-order valence-corrected chi connectivity index (χ2v) is 7.21. The molecule has 0 amide bonds. The first-order valence-electron chi connectivity index (χ1n) is 5.59. The maximum absolute atomic E-state index is 11.5. The van der Waals surface area contributed by atoms with Crippen molar-refractivity contribution in [3.8, 4) is 0 Å². The Morgan fingerprint density at radius 2 is 2.06 bits per heavy atom. The Morgan fingerprint density at radius 3 is 2.50 bits per heavy atom. The molecule has 0 unspecified atom stereocenters. The largest absolute Gasteiger partial charge is 0.389 e. The van der Waals surface area contributed by atoms with Gasteiger partial charge < -0.3 is 10.0 Å². The van der Waals surface area contributed by atoms with Gasteiger partial charge in [-0.1, -0.05) is 0 Å². The first-order chi connectivity index (χ1) is 7.21. The number of sulfonamides is 1. The van der Waals surface area contributed by atoms with Gasteiger partial charge in [-0.3, -0.25) is 0 Å². The van der Waals surface area contributed by atoms with Crippen molar-refractivity contribution in [2.45, 2.75) is 25.9 Å². The van der Waals surface area contributed by atoms with E-state index in [4.69, 9.17) is 0 Å². The normalized spacial score (nSPS) is 21.8. The van der Waals surface area contributed by atoms with Crippen molar-refractivity contribution in [3.63, 3.8) is 0 Å². The van der Waals surface area contributed by atoms with Crippen molar-refractivity contribution < 1.29 is 13.5 Å². The molecule has 0 saturated carbocycles. The highest BCUT2D eigenvalue weighted by Crippen LogP contribution is 2.12. The molecule has 0 aromatic heterocycles. The van der Waals surface area contributed by atoms with Gasteiger partial charge in [-0.05, 0) is 27.3 Å². The summed E-state index contributed by atoms with van der Waals surface area (Å²) in [5.41, 5.74) is -0.737. The summed E-state index contributed by atoms with van der Waals surface area (Å²) in [6.07, 6.45) is 0.734. The third-order valence-electron chi connectivity index (χ3n) is 2.59. The topological polar surface area (TPSA) is 60.9 Å². The fraction of sp³-hybridized carbons (Fsp3) is 1.00. The van der Waals surface area contributed by atoms with Crippen LogP contribution in [0.25, 0.3) is 0 Å². The van der Waals surface area contributed by atoms with E-state index in [1.165, 1.54) is 4.31 Å². The van der Waals surface area contributed by atoms with E-state index in [1.807, 2.05) is 11.9 Å². The van der Waals surface area contributed by atoms with Crippen molar-refractivity contribution in [2.24, 2.45) is 0 Å². The van der Waals surface area contributed by atoms with Crippen molar-refractivity contribution in [3.05, 3.63) is 0 Å². The van der Waals surface area contributed by atoms with Crippen LogP contribution in [-0.4, -0.2) is 67.3 Å². The second-order valence-electron chi connectivity index (χ2n) is 5.12. The zero-order chi connectivity index (χ0) is 12.4.